The van der Waals surface area contributed by atoms with E-state index in [1.54, 1.807) is 30.3 Å². The van der Waals surface area contributed by atoms with Crippen LogP contribution in [0.1, 0.15) is 27.3 Å². The summed E-state index contributed by atoms with van der Waals surface area (Å²) in [6.45, 7) is 1.48. The van der Waals surface area contributed by atoms with Crippen LogP contribution in [-0.4, -0.2) is 72.1 Å². The van der Waals surface area contributed by atoms with Gasteiger partial charge in [-0.3, -0.25) is 4.79 Å². The van der Waals surface area contributed by atoms with Crippen LogP contribution in [0.15, 0.2) is 36.4 Å². The number of carboxylic acids is 1. The molecule has 1 aliphatic rings. The van der Waals surface area contributed by atoms with Crippen LogP contribution in [0, 0.1) is 0 Å². The van der Waals surface area contributed by atoms with Crippen LogP contribution in [-0.2, 0) is 0 Å². The number of carboxylic acid groups (broad SMARTS) is 1. The molecule has 0 aliphatic carbocycles. The van der Waals surface area contributed by atoms with Gasteiger partial charge in [0.25, 0.3) is 5.91 Å². The molecule has 3 rings (SSSR count). The second-order valence-corrected chi connectivity index (χ2v) is 6.79. The standard InChI is InChI=1S/C20H23N3O4/c1-22(2)15-10-11-23(12-15)19(24)14-6-4-13(5-7-14)18-17(27-3)9-8-16(21-18)20(25)26/h4-9,15H,10-12H2,1-3H3,(H,25,26). The molecule has 0 radical (unpaired) electrons. The second kappa shape index (κ2) is 7.75. The maximum Gasteiger partial charge on any atom is 0.354 e. The van der Waals surface area contributed by atoms with Crippen molar-refractivity contribution < 1.29 is 19.4 Å². The predicted molar refractivity (Wildman–Crippen MR) is 101 cm³/mol. The van der Waals surface area contributed by atoms with Crippen molar-refractivity contribution in [1.82, 2.24) is 14.8 Å². The molecule has 142 valence electrons. The summed E-state index contributed by atoms with van der Waals surface area (Å²) < 4.78 is 5.29. The van der Waals surface area contributed by atoms with Crippen LogP contribution in [0.5, 0.6) is 5.75 Å². The number of benzene rings is 1. The highest BCUT2D eigenvalue weighted by atomic mass is 16.5. The molecular formula is C20H23N3O4. The highest BCUT2D eigenvalue weighted by Crippen LogP contribution is 2.29. The molecule has 1 fully saturated rings. The monoisotopic (exact) mass is 369 g/mol. The first-order chi connectivity index (χ1) is 12.9. The summed E-state index contributed by atoms with van der Waals surface area (Å²) in [6, 6.07) is 10.4. The first kappa shape index (κ1) is 18.8. The van der Waals surface area contributed by atoms with E-state index in [-0.39, 0.29) is 11.6 Å². The Kier molecular flexibility index (Phi) is 5.41. The van der Waals surface area contributed by atoms with Crippen molar-refractivity contribution in [3.63, 3.8) is 0 Å². The number of aromatic nitrogens is 1. The largest absolute Gasteiger partial charge is 0.494 e. The van der Waals surface area contributed by atoms with Crippen molar-refractivity contribution in [3.8, 4) is 17.0 Å². The number of methoxy groups -OCH3 is 1. The van der Waals surface area contributed by atoms with Gasteiger partial charge in [-0.2, -0.15) is 0 Å². The van der Waals surface area contributed by atoms with E-state index >= 15 is 0 Å². The molecule has 1 unspecified atom stereocenters. The lowest BCUT2D eigenvalue weighted by molar-refractivity contribution is 0.0689. The van der Waals surface area contributed by atoms with Gasteiger partial charge >= 0.3 is 5.97 Å². The molecule has 7 heteroatoms. The van der Waals surface area contributed by atoms with Gasteiger partial charge in [-0.1, -0.05) is 12.1 Å². The topological polar surface area (TPSA) is 83.0 Å². The molecule has 0 bridgehead atoms. The Morgan fingerprint density at radius 2 is 1.89 bits per heavy atom. The zero-order valence-corrected chi connectivity index (χ0v) is 15.7. The van der Waals surface area contributed by atoms with E-state index in [2.05, 4.69) is 9.88 Å². The molecular weight excluding hydrogens is 346 g/mol. The number of ether oxygens (including phenoxy) is 1. The van der Waals surface area contributed by atoms with Crippen LogP contribution in [0.2, 0.25) is 0 Å². The van der Waals surface area contributed by atoms with Gasteiger partial charge in [0.05, 0.1) is 7.11 Å². The van der Waals surface area contributed by atoms with E-state index in [1.807, 2.05) is 19.0 Å². The zero-order valence-electron chi connectivity index (χ0n) is 15.7. The number of aromatic carboxylic acids is 1. The number of hydrogen-bond acceptors (Lipinski definition) is 5. The molecule has 7 nitrogen and oxygen atoms in total. The number of carbonyl (C=O) groups is 2. The van der Waals surface area contributed by atoms with E-state index in [0.717, 1.165) is 19.5 Å². The number of nitrogens with zero attached hydrogens (tertiary/aromatic N) is 3. The third-order valence-corrected chi connectivity index (χ3v) is 4.88. The normalized spacial score (nSPS) is 16.6. The average Bonchev–Trinajstić information content (AvgIpc) is 3.17. The fourth-order valence-electron chi connectivity index (χ4n) is 3.24. The Labute approximate surface area is 158 Å². The predicted octanol–water partition coefficient (Wildman–Crippen LogP) is 2.23. The smallest absolute Gasteiger partial charge is 0.354 e. The third-order valence-electron chi connectivity index (χ3n) is 4.88. The van der Waals surface area contributed by atoms with Gasteiger partial charge in [0, 0.05) is 30.3 Å². The van der Waals surface area contributed by atoms with E-state index in [4.69, 9.17) is 9.84 Å². The highest BCUT2D eigenvalue weighted by molar-refractivity contribution is 5.95. The minimum atomic E-state index is -1.10. The molecule has 1 N–H and O–H groups in total. The molecule has 0 spiro atoms. The third kappa shape index (κ3) is 3.93. The maximum atomic E-state index is 12.7. The van der Waals surface area contributed by atoms with Gasteiger partial charge in [-0.25, -0.2) is 9.78 Å². The first-order valence-corrected chi connectivity index (χ1v) is 8.75. The van der Waals surface area contributed by atoms with E-state index in [0.29, 0.717) is 28.6 Å². The van der Waals surface area contributed by atoms with Gasteiger partial charge in [0.15, 0.2) is 0 Å². The van der Waals surface area contributed by atoms with Crippen LogP contribution < -0.4 is 4.74 Å². The minimum absolute atomic E-state index is 0.00473. The van der Waals surface area contributed by atoms with Gasteiger partial charge in [-0.15, -0.1) is 0 Å². The SMILES string of the molecule is COc1ccc(C(=O)O)nc1-c1ccc(C(=O)N2CCC(N(C)C)C2)cc1. The Morgan fingerprint density at radius 3 is 2.44 bits per heavy atom. The molecule has 1 aromatic heterocycles. The minimum Gasteiger partial charge on any atom is -0.494 e. The number of likely N-dealkylation sites (tertiary alicyclic amines) is 1. The lowest BCUT2D eigenvalue weighted by atomic mass is 10.1. The van der Waals surface area contributed by atoms with Gasteiger partial charge in [0.1, 0.15) is 17.1 Å². The quantitative estimate of drug-likeness (QED) is 0.870. The summed E-state index contributed by atoms with van der Waals surface area (Å²) in [5, 5.41) is 9.16. The summed E-state index contributed by atoms with van der Waals surface area (Å²) >= 11 is 0. The van der Waals surface area contributed by atoms with E-state index in [9.17, 15) is 9.59 Å². The Hall–Kier alpha value is -2.93. The van der Waals surface area contributed by atoms with Crippen molar-refractivity contribution >= 4 is 11.9 Å². The molecule has 0 saturated carbocycles. The molecule has 1 amide bonds. The molecule has 1 saturated heterocycles. The maximum absolute atomic E-state index is 12.7. The number of amides is 1. The van der Waals surface area contributed by atoms with Gasteiger partial charge < -0.3 is 19.6 Å². The fourth-order valence-corrected chi connectivity index (χ4v) is 3.24. The lowest BCUT2D eigenvalue weighted by Crippen LogP contribution is -2.34. The first-order valence-electron chi connectivity index (χ1n) is 8.75. The Morgan fingerprint density at radius 1 is 1.19 bits per heavy atom. The Bertz CT molecular complexity index is 849. The van der Waals surface area contributed by atoms with Crippen molar-refractivity contribution in [3.05, 3.63) is 47.7 Å². The summed E-state index contributed by atoms with van der Waals surface area (Å²) in [5.41, 5.74) is 1.67. The Balaban J connectivity index is 1.83. The summed E-state index contributed by atoms with van der Waals surface area (Å²) in [5.74, 6) is -0.618. The summed E-state index contributed by atoms with van der Waals surface area (Å²) in [4.78, 5) is 32.1. The highest BCUT2D eigenvalue weighted by Gasteiger charge is 2.28. The van der Waals surface area contributed by atoms with Gasteiger partial charge in [-0.05, 0) is 44.8 Å². The number of likely N-dealkylation sites (N-methyl/N-ethyl adjacent to an activating group) is 1. The van der Waals surface area contributed by atoms with E-state index < -0.39 is 5.97 Å². The van der Waals surface area contributed by atoms with Crippen LogP contribution >= 0.6 is 0 Å². The van der Waals surface area contributed by atoms with Crippen LogP contribution in [0.4, 0.5) is 0 Å². The van der Waals surface area contributed by atoms with Crippen molar-refractivity contribution in [1.29, 1.82) is 0 Å². The summed E-state index contributed by atoms with van der Waals surface area (Å²) in [7, 11) is 5.56. The molecule has 27 heavy (non-hydrogen) atoms. The van der Waals surface area contributed by atoms with Crippen molar-refractivity contribution in [2.75, 3.05) is 34.3 Å². The van der Waals surface area contributed by atoms with Crippen molar-refractivity contribution in [2.24, 2.45) is 0 Å². The summed E-state index contributed by atoms with van der Waals surface area (Å²) in [6.07, 6.45) is 0.972. The van der Waals surface area contributed by atoms with Crippen LogP contribution in [0.25, 0.3) is 11.3 Å². The molecule has 2 aromatic rings. The fraction of sp³-hybridized carbons (Fsp3) is 0.350. The van der Waals surface area contributed by atoms with Crippen molar-refractivity contribution in [2.45, 2.75) is 12.5 Å². The molecule has 1 aromatic carbocycles. The van der Waals surface area contributed by atoms with E-state index in [1.165, 1.54) is 13.2 Å². The average molecular weight is 369 g/mol. The number of hydrogen-bond donors (Lipinski definition) is 1. The number of carbonyl (C=O) groups excluding carboxylic acids is 1. The number of rotatable bonds is 5. The molecule has 1 aliphatic heterocycles. The molecule has 2 heterocycles. The molecule has 1 atom stereocenters. The second-order valence-electron chi connectivity index (χ2n) is 6.79. The zero-order chi connectivity index (χ0) is 19.6. The number of pyridine rings is 1. The van der Waals surface area contributed by atoms with Crippen LogP contribution in [0.3, 0.4) is 0 Å². The lowest BCUT2D eigenvalue weighted by Gasteiger charge is -2.20. The van der Waals surface area contributed by atoms with Gasteiger partial charge in [0.2, 0.25) is 0 Å².